The number of carbonyl (C=O) groups is 1. The molecule has 1 aliphatic rings. The molecule has 1 aliphatic heterocycles. The number of fused-ring (bicyclic) bond motifs is 1. The van der Waals surface area contributed by atoms with Gasteiger partial charge in [-0.15, -0.1) is 0 Å². The summed E-state index contributed by atoms with van der Waals surface area (Å²) in [5, 5.41) is 6.40. The van der Waals surface area contributed by atoms with Gasteiger partial charge in [0.2, 0.25) is 0 Å². The van der Waals surface area contributed by atoms with Crippen LogP contribution in [-0.4, -0.2) is 19.1 Å². The minimum atomic E-state index is -0.136. The number of hydrogen-bond donors (Lipinski definition) is 2. The Balaban J connectivity index is 1.86. The van der Waals surface area contributed by atoms with Gasteiger partial charge in [-0.2, -0.15) is 0 Å². The highest BCUT2D eigenvalue weighted by Crippen LogP contribution is 2.29. The zero-order valence-electron chi connectivity index (χ0n) is 12.7. The summed E-state index contributed by atoms with van der Waals surface area (Å²) in [6.07, 6.45) is 2.06. The highest BCUT2D eigenvalue weighted by molar-refractivity contribution is 6.06. The number of benzene rings is 2. The van der Waals surface area contributed by atoms with Gasteiger partial charge < -0.3 is 15.4 Å². The van der Waals surface area contributed by atoms with Crippen molar-refractivity contribution in [1.29, 1.82) is 0 Å². The second kappa shape index (κ2) is 6.52. The Hall–Kier alpha value is -2.49. The van der Waals surface area contributed by atoms with E-state index in [4.69, 9.17) is 4.74 Å². The van der Waals surface area contributed by atoms with E-state index in [-0.39, 0.29) is 5.91 Å². The number of para-hydroxylation sites is 1. The third-order valence-electron chi connectivity index (χ3n) is 3.77. The lowest BCUT2D eigenvalue weighted by atomic mass is 10.0. The van der Waals surface area contributed by atoms with Crippen molar-refractivity contribution in [2.45, 2.75) is 19.8 Å². The zero-order valence-corrected chi connectivity index (χ0v) is 12.7. The summed E-state index contributed by atoms with van der Waals surface area (Å²) in [7, 11) is 0. The van der Waals surface area contributed by atoms with Gasteiger partial charge in [0, 0.05) is 17.9 Å². The second-order valence-electron chi connectivity index (χ2n) is 5.25. The molecule has 0 fully saturated rings. The molecule has 114 valence electrons. The Bertz CT molecular complexity index is 683. The van der Waals surface area contributed by atoms with E-state index in [0.717, 1.165) is 30.8 Å². The number of amides is 1. The van der Waals surface area contributed by atoms with Crippen LogP contribution in [-0.2, 0) is 6.42 Å². The molecule has 1 heterocycles. The highest BCUT2D eigenvalue weighted by Gasteiger charge is 2.16. The summed E-state index contributed by atoms with van der Waals surface area (Å²) in [5.74, 6) is 0.480. The molecule has 4 nitrogen and oxygen atoms in total. The second-order valence-corrected chi connectivity index (χ2v) is 5.25. The molecule has 0 atom stereocenters. The minimum Gasteiger partial charge on any atom is -0.493 e. The average molecular weight is 296 g/mol. The topological polar surface area (TPSA) is 50.4 Å². The Labute approximate surface area is 130 Å². The van der Waals surface area contributed by atoms with Crippen molar-refractivity contribution in [3.8, 4) is 5.75 Å². The monoisotopic (exact) mass is 296 g/mol. The number of rotatable bonds is 4. The van der Waals surface area contributed by atoms with Crippen molar-refractivity contribution in [1.82, 2.24) is 0 Å². The van der Waals surface area contributed by atoms with Crippen molar-refractivity contribution < 1.29 is 9.53 Å². The van der Waals surface area contributed by atoms with Crippen molar-refractivity contribution in [3.05, 3.63) is 53.6 Å². The minimum absolute atomic E-state index is 0.136. The van der Waals surface area contributed by atoms with Crippen LogP contribution in [0.25, 0.3) is 0 Å². The molecule has 4 heteroatoms. The van der Waals surface area contributed by atoms with Crippen LogP contribution in [0.3, 0.4) is 0 Å². The number of carbonyl (C=O) groups excluding carboxylic acids is 1. The van der Waals surface area contributed by atoms with Gasteiger partial charge in [-0.25, -0.2) is 0 Å². The van der Waals surface area contributed by atoms with Crippen LogP contribution in [0.4, 0.5) is 11.4 Å². The van der Waals surface area contributed by atoms with Gasteiger partial charge in [0.15, 0.2) is 0 Å². The molecule has 2 aromatic carbocycles. The molecule has 1 amide bonds. The summed E-state index contributed by atoms with van der Waals surface area (Å²) in [6.45, 7) is 3.43. The van der Waals surface area contributed by atoms with Gasteiger partial charge in [-0.3, -0.25) is 4.79 Å². The Morgan fingerprint density at radius 2 is 2.09 bits per heavy atom. The van der Waals surface area contributed by atoms with Crippen molar-refractivity contribution in [3.63, 3.8) is 0 Å². The molecule has 0 radical (unpaired) electrons. The smallest absolute Gasteiger partial charge is 0.259 e. The predicted octanol–water partition coefficient (Wildman–Crippen LogP) is 3.70. The molecule has 3 rings (SSSR count). The molecular formula is C18H20N2O2. The SMILES string of the molecule is CCOc1ccccc1C(=O)Nc1cccc2c1CCCN2. The molecule has 0 spiro atoms. The van der Waals surface area contributed by atoms with Crippen LogP contribution in [0.2, 0.25) is 0 Å². The molecule has 2 aromatic rings. The number of ether oxygens (including phenoxy) is 1. The molecule has 0 saturated carbocycles. The Morgan fingerprint density at radius 1 is 1.23 bits per heavy atom. The Morgan fingerprint density at radius 3 is 2.95 bits per heavy atom. The summed E-state index contributed by atoms with van der Waals surface area (Å²) >= 11 is 0. The van der Waals surface area contributed by atoms with E-state index in [0.29, 0.717) is 17.9 Å². The molecule has 0 aliphatic carbocycles. The van der Waals surface area contributed by atoms with Crippen molar-refractivity contribution in [2.24, 2.45) is 0 Å². The maximum absolute atomic E-state index is 12.6. The fourth-order valence-electron chi connectivity index (χ4n) is 2.75. The van der Waals surface area contributed by atoms with E-state index in [1.54, 1.807) is 6.07 Å². The van der Waals surface area contributed by atoms with Crippen molar-refractivity contribution in [2.75, 3.05) is 23.8 Å². The normalized spacial score (nSPS) is 13.0. The van der Waals surface area contributed by atoms with E-state index < -0.39 is 0 Å². The Kier molecular flexibility index (Phi) is 4.28. The standard InChI is InChI=1S/C18H20N2O2/c1-2-22-17-11-4-3-7-14(17)18(21)20-16-10-5-9-15-13(16)8-6-12-19-15/h3-5,7,9-11,19H,2,6,8,12H2,1H3,(H,20,21). The third-order valence-corrected chi connectivity index (χ3v) is 3.77. The fraction of sp³-hybridized carbons (Fsp3) is 0.278. The lowest BCUT2D eigenvalue weighted by molar-refractivity contribution is 0.102. The summed E-state index contributed by atoms with van der Waals surface area (Å²) in [6, 6.07) is 13.3. The van der Waals surface area contributed by atoms with E-state index in [2.05, 4.69) is 16.7 Å². The first-order chi connectivity index (χ1) is 10.8. The van der Waals surface area contributed by atoms with Crippen LogP contribution >= 0.6 is 0 Å². The van der Waals surface area contributed by atoms with Crippen LogP contribution in [0.1, 0.15) is 29.3 Å². The van der Waals surface area contributed by atoms with Crippen molar-refractivity contribution >= 4 is 17.3 Å². The van der Waals surface area contributed by atoms with E-state index in [1.807, 2.05) is 37.3 Å². The molecule has 0 bridgehead atoms. The molecule has 22 heavy (non-hydrogen) atoms. The van der Waals surface area contributed by atoms with Gasteiger partial charge in [-0.05, 0) is 49.6 Å². The summed E-state index contributed by atoms with van der Waals surface area (Å²) in [5.41, 5.74) is 3.73. The summed E-state index contributed by atoms with van der Waals surface area (Å²) in [4.78, 5) is 12.6. The highest BCUT2D eigenvalue weighted by atomic mass is 16.5. The number of anilines is 2. The zero-order chi connectivity index (χ0) is 15.4. The third kappa shape index (κ3) is 2.91. The van der Waals surface area contributed by atoms with Crippen LogP contribution in [0.5, 0.6) is 5.75 Å². The number of nitrogens with one attached hydrogen (secondary N) is 2. The maximum atomic E-state index is 12.6. The van der Waals surface area contributed by atoms with Crippen LogP contribution < -0.4 is 15.4 Å². The van der Waals surface area contributed by atoms with Gasteiger partial charge >= 0.3 is 0 Å². The molecule has 0 unspecified atom stereocenters. The fourth-order valence-corrected chi connectivity index (χ4v) is 2.75. The average Bonchev–Trinajstić information content (AvgIpc) is 2.56. The van der Waals surface area contributed by atoms with E-state index >= 15 is 0 Å². The van der Waals surface area contributed by atoms with Gasteiger partial charge in [0.05, 0.1) is 12.2 Å². The maximum Gasteiger partial charge on any atom is 0.259 e. The molecule has 2 N–H and O–H groups in total. The first-order valence-corrected chi connectivity index (χ1v) is 7.68. The van der Waals surface area contributed by atoms with Gasteiger partial charge in [-0.1, -0.05) is 18.2 Å². The largest absolute Gasteiger partial charge is 0.493 e. The van der Waals surface area contributed by atoms with Gasteiger partial charge in [0.1, 0.15) is 5.75 Å². The predicted molar refractivity (Wildman–Crippen MR) is 88.8 cm³/mol. The summed E-state index contributed by atoms with van der Waals surface area (Å²) < 4.78 is 5.54. The van der Waals surface area contributed by atoms with E-state index in [1.165, 1.54) is 5.56 Å². The lowest BCUT2D eigenvalue weighted by Crippen LogP contribution is -2.18. The molecular weight excluding hydrogens is 276 g/mol. The molecule has 0 aromatic heterocycles. The lowest BCUT2D eigenvalue weighted by Gasteiger charge is -2.21. The first-order valence-electron chi connectivity index (χ1n) is 7.68. The molecule has 0 saturated heterocycles. The van der Waals surface area contributed by atoms with Gasteiger partial charge in [0.25, 0.3) is 5.91 Å². The quantitative estimate of drug-likeness (QED) is 0.904. The first kappa shape index (κ1) is 14.4. The van der Waals surface area contributed by atoms with Crippen LogP contribution in [0.15, 0.2) is 42.5 Å². The number of hydrogen-bond acceptors (Lipinski definition) is 3. The van der Waals surface area contributed by atoms with E-state index in [9.17, 15) is 4.79 Å². The van der Waals surface area contributed by atoms with Crippen LogP contribution in [0, 0.1) is 0 Å².